The number of fused-ring (bicyclic) bond motifs is 5. The molecular formula is C42H46N8O7. The number of hydrogen-bond donors (Lipinski definition) is 4. The number of likely N-dealkylation sites (tertiary alicyclic amines) is 2. The maximum Gasteiger partial charge on any atom is 0.407 e. The van der Waals surface area contributed by atoms with E-state index in [0.29, 0.717) is 31.3 Å². The van der Waals surface area contributed by atoms with Gasteiger partial charge in [-0.3, -0.25) is 9.59 Å². The fraction of sp³-hybridized carbons (Fsp3) is 0.381. The van der Waals surface area contributed by atoms with Gasteiger partial charge < -0.3 is 44.6 Å². The first-order valence-corrected chi connectivity index (χ1v) is 19.3. The van der Waals surface area contributed by atoms with Crippen molar-refractivity contribution in [2.45, 2.75) is 64.3 Å². The Kier molecular flexibility index (Phi) is 10.3. The average Bonchev–Trinajstić information content (AvgIpc) is 4.07. The Morgan fingerprint density at radius 2 is 1.46 bits per heavy atom. The minimum absolute atomic E-state index is 0.112. The minimum atomic E-state index is -0.696. The van der Waals surface area contributed by atoms with Crippen LogP contribution in [-0.2, 0) is 25.7 Å². The average molecular weight is 775 g/mol. The van der Waals surface area contributed by atoms with Crippen LogP contribution in [0.2, 0.25) is 0 Å². The first-order valence-electron chi connectivity index (χ1n) is 19.3. The van der Waals surface area contributed by atoms with Gasteiger partial charge in [-0.05, 0) is 71.9 Å². The van der Waals surface area contributed by atoms with Gasteiger partial charge in [0.2, 0.25) is 11.8 Å². The zero-order valence-electron chi connectivity index (χ0n) is 32.4. The molecule has 0 spiro atoms. The highest BCUT2D eigenvalue weighted by Gasteiger charge is 2.38. The number of nitrogens with zero attached hydrogens (tertiary/aromatic N) is 4. The molecule has 15 heteroatoms. The van der Waals surface area contributed by atoms with E-state index < -0.39 is 18.2 Å². The van der Waals surface area contributed by atoms with Crippen LogP contribution in [0, 0.1) is 5.92 Å². The number of ether oxygens (including phenoxy) is 3. The normalized spacial score (nSPS) is 17.8. The van der Waals surface area contributed by atoms with Gasteiger partial charge >= 0.3 is 12.2 Å². The summed E-state index contributed by atoms with van der Waals surface area (Å²) in [5, 5.41) is 7.21. The molecule has 3 aliphatic heterocycles. The first kappa shape index (κ1) is 37.5. The Balaban J connectivity index is 0.982. The van der Waals surface area contributed by atoms with Gasteiger partial charge in [0.25, 0.3) is 0 Å². The van der Waals surface area contributed by atoms with Crippen LogP contribution in [-0.4, -0.2) is 93.6 Å². The predicted molar refractivity (Wildman–Crippen MR) is 211 cm³/mol. The Morgan fingerprint density at radius 1 is 0.825 bits per heavy atom. The highest BCUT2D eigenvalue weighted by molar-refractivity contribution is 5.98. The molecular weight excluding hydrogens is 729 g/mol. The summed E-state index contributed by atoms with van der Waals surface area (Å²) in [6, 6.07) is 15.7. The number of aromatic amines is 2. The minimum Gasteiger partial charge on any atom is -0.488 e. The van der Waals surface area contributed by atoms with Crippen LogP contribution in [0.5, 0.6) is 5.75 Å². The highest BCUT2D eigenvalue weighted by atomic mass is 16.5. The fourth-order valence-corrected chi connectivity index (χ4v) is 8.30. The van der Waals surface area contributed by atoms with E-state index in [1.807, 2.05) is 24.9 Å². The second-order valence-electron chi connectivity index (χ2n) is 15.0. The van der Waals surface area contributed by atoms with E-state index in [4.69, 9.17) is 14.5 Å². The zero-order chi connectivity index (χ0) is 39.8. The fourth-order valence-electron chi connectivity index (χ4n) is 8.30. The second-order valence-corrected chi connectivity index (χ2v) is 15.0. The molecule has 57 heavy (non-hydrogen) atoms. The van der Waals surface area contributed by atoms with Gasteiger partial charge in [0.1, 0.15) is 36.6 Å². The lowest BCUT2D eigenvalue weighted by atomic mass is 9.92. The highest BCUT2D eigenvalue weighted by Crippen LogP contribution is 2.44. The first-order chi connectivity index (χ1) is 27.6. The lowest BCUT2D eigenvalue weighted by molar-refractivity contribution is -0.135. The number of hydrogen-bond acceptors (Lipinski definition) is 9. The van der Waals surface area contributed by atoms with Crippen molar-refractivity contribution in [1.82, 2.24) is 40.4 Å². The molecule has 5 heterocycles. The van der Waals surface area contributed by atoms with E-state index in [0.717, 1.165) is 81.4 Å². The maximum atomic E-state index is 13.6. The number of amides is 4. The van der Waals surface area contributed by atoms with Crippen LogP contribution >= 0.6 is 0 Å². The molecule has 3 aliphatic rings. The van der Waals surface area contributed by atoms with Crippen LogP contribution in [0.1, 0.15) is 68.8 Å². The number of carbonyl (C=O) groups is 4. The SMILES string of the molecule is COC(=O)NCC(=O)N1CCC[C@H]1c1ncc(-c2ccc3c(c2)COc2c-3ccc3cc(-c4cnc([C@@H]5CCCN5C(=O)[C@@H](NC(=O)OC)C(C)C)[nH]4)ccc23)[nH]1. The van der Waals surface area contributed by atoms with E-state index in [1.54, 1.807) is 11.1 Å². The molecule has 15 nitrogen and oxygen atoms in total. The second kappa shape index (κ2) is 15.6. The molecule has 5 aromatic rings. The number of H-pyrrole nitrogens is 2. The standard InChI is InChI=1S/C42H46N8O7/c1-23(2)36(48-42(54)56-4)40(52)50-16-6-8-34(50)39-44-19-31(47-39)25-11-13-29-24(17-25)9-14-30-28-12-10-26(18-27(28)22-57-37(29)30)32-20-43-38(46-32)33-7-5-15-49(33)35(51)21-45-41(53)55-3/h9-14,17-20,23,33-34,36H,5-8,15-16,21-22H2,1-4H3,(H,43,46)(H,44,47)(H,45,53)(H,48,54)/t33-,34-,36-/m0/s1. The number of carbonyl (C=O) groups excluding carboxylic acids is 4. The van der Waals surface area contributed by atoms with Gasteiger partial charge in [0, 0.05) is 29.6 Å². The van der Waals surface area contributed by atoms with Crippen molar-refractivity contribution >= 4 is 34.8 Å². The third-order valence-corrected chi connectivity index (χ3v) is 11.3. The van der Waals surface area contributed by atoms with Crippen LogP contribution in [0.4, 0.5) is 9.59 Å². The Morgan fingerprint density at radius 3 is 2.14 bits per heavy atom. The summed E-state index contributed by atoms with van der Waals surface area (Å²) >= 11 is 0. The number of rotatable bonds is 9. The van der Waals surface area contributed by atoms with Crippen molar-refractivity contribution < 1.29 is 33.4 Å². The molecule has 4 N–H and O–H groups in total. The zero-order valence-corrected chi connectivity index (χ0v) is 32.4. The van der Waals surface area contributed by atoms with E-state index in [1.165, 1.54) is 14.2 Å². The quantitative estimate of drug-likeness (QED) is 0.135. The summed E-state index contributed by atoms with van der Waals surface area (Å²) < 4.78 is 15.8. The number of benzene rings is 3. The van der Waals surface area contributed by atoms with Gasteiger partial charge in [-0.2, -0.15) is 0 Å². The third-order valence-electron chi connectivity index (χ3n) is 11.3. The molecule has 2 fully saturated rings. The van der Waals surface area contributed by atoms with Crippen LogP contribution < -0.4 is 15.4 Å². The molecule has 8 rings (SSSR count). The summed E-state index contributed by atoms with van der Waals surface area (Å²) in [6.45, 7) is 5.26. The van der Waals surface area contributed by atoms with Crippen molar-refractivity contribution in [1.29, 1.82) is 0 Å². The van der Waals surface area contributed by atoms with E-state index >= 15 is 0 Å². The van der Waals surface area contributed by atoms with Crippen molar-refractivity contribution in [2.24, 2.45) is 5.92 Å². The summed E-state index contributed by atoms with van der Waals surface area (Å²) in [7, 11) is 2.56. The van der Waals surface area contributed by atoms with Crippen LogP contribution in [0.15, 0.2) is 60.9 Å². The Labute approximate surface area is 329 Å². The van der Waals surface area contributed by atoms with E-state index in [9.17, 15) is 19.2 Å². The molecule has 0 bridgehead atoms. The molecule has 0 radical (unpaired) electrons. The monoisotopic (exact) mass is 774 g/mol. The number of aromatic nitrogens is 4. The number of methoxy groups -OCH3 is 2. The van der Waals surface area contributed by atoms with Crippen LogP contribution in [0.3, 0.4) is 0 Å². The molecule has 4 amide bonds. The topological polar surface area (TPSA) is 184 Å². The summed E-state index contributed by atoms with van der Waals surface area (Å²) in [4.78, 5) is 69.8. The van der Waals surface area contributed by atoms with Gasteiger partial charge in [-0.15, -0.1) is 0 Å². The van der Waals surface area contributed by atoms with Gasteiger partial charge in [0.15, 0.2) is 0 Å². The maximum absolute atomic E-state index is 13.6. The molecule has 0 saturated carbocycles. The van der Waals surface area contributed by atoms with Crippen molar-refractivity contribution in [3.05, 3.63) is 78.1 Å². The van der Waals surface area contributed by atoms with Gasteiger partial charge in [-0.1, -0.05) is 44.2 Å². The van der Waals surface area contributed by atoms with Crippen molar-refractivity contribution in [2.75, 3.05) is 33.9 Å². The Bertz CT molecular complexity index is 2350. The molecule has 3 atom stereocenters. The van der Waals surface area contributed by atoms with Crippen LogP contribution in [0.25, 0.3) is 44.4 Å². The predicted octanol–water partition coefficient (Wildman–Crippen LogP) is 6.24. The van der Waals surface area contributed by atoms with E-state index in [2.05, 4.69) is 78.9 Å². The molecule has 2 aromatic heterocycles. The molecule has 0 unspecified atom stereocenters. The largest absolute Gasteiger partial charge is 0.488 e. The summed E-state index contributed by atoms with van der Waals surface area (Å²) in [5.41, 5.74) is 6.81. The lowest BCUT2D eigenvalue weighted by Gasteiger charge is -2.30. The van der Waals surface area contributed by atoms with Gasteiger partial charge in [-0.25, -0.2) is 19.6 Å². The smallest absolute Gasteiger partial charge is 0.407 e. The van der Waals surface area contributed by atoms with Crippen molar-refractivity contribution in [3.8, 4) is 39.4 Å². The number of nitrogens with one attached hydrogen (secondary N) is 4. The summed E-state index contributed by atoms with van der Waals surface area (Å²) in [5.74, 6) is 1.83. The Hall–Kier alpha value is -6.38. The van der Waals surface area contributed by atoms with Crippen molar-refractivity contribution in [3.63, 3.8) is 0 Å². The molecule has 2 saturated heterocycles. The third kappa shape index (κ3) is 7.25. The molecule has 296 valence electrons. The number of alkyl carbamates (subject to hydrolysis) is 2. The van der Waals surface area contributed by atoms with Gasteiger partial charge in [0.05, 0.1) is 50.1 Å². The lowest BCUT2D eigenvalue weighted by Crippen LogP contribution is -2.51. The molecule has 0 aliphatic carbocycles. The summed E-state index contributed by atoms with van der Waals surface area (Å²) in [6.07, 6.45) is 5.58. The number of imidazole rings is 2. The van der Waals surface area contributed by atoms with E-state index in [-0.39, 0.29) is 36.4 Å². The molecule has 3 aromatic carbocycles.